The maximum atomic E-state index is 5.83. The van der Waals surface area contributed by atoms with Crippen LogP contribution in [0.5, 0.6) is 5.75 Å². The monoisotopic (exact) mass is 299 g/mol. The van der Waals surface area contributed by atoms with Crippen LogP contribution in [-0.2, 0) is 0 Å². The number of anilines is 1. The second-order valence-corrected chi connectivity index (χ2v) is 5.49. The topological polar surface area (TPSA) is 59.6 Å². The number of nitrogens with two attached hydrogens (primary N) is 1. The largest absolute Gasteiger partial charge is 0.497 e. The first-order valence-corrected chi connectivity index (χ1v) is 6.07. The molecule has 1 rings (SSSR count). The zero-order valence-corrected chi connectivity index (χ0v) is 12.1. The maximum Gasteiger partial charge on any atom is 0.193 e. The number of rotatable bonds is 2. The Hall–Kier alpha value is -1.23. The Morgan fingerprint density at radius 3 is 2.59 bits per heavy atom. The Bertz CT molecular complexity index is 424. The Morgan fingerprint density at radius 1 is 1.41 bits per heavy atom. The molecule has 1 aromatic rings. The fraction of sp³-hybridized carbons (Fsp3) is 0.417. The highest BCUT2D eigenvalue weighted by atomic mass is 79.9. The molecule has 0 fully saturated rings. The molecule has 0 aliphatic rings. The van der Waals surface area contributed by atoms with Crippen LogP contribution in [0.15, 0.2) is 27.7 Å². The summed E-state index contributed by atoms with van der Waals surface area (Å²) in [6.07, 6.45) is 0. The molecular weight excluding hydrogens is 282 g/mol. The Kier molecular flexibility index (Phi) is 4.40. The van der Waals surface area contributed by atoms with Crippen LogP contribution in [0, 0.1) is 0 Å². The molecule has 3 N–H and O–H groups in total. The SMILES string of the molecule is COc1ccc(Br)c(NC(N)=NC(C)(C)C)c1. The van der Waals surface area contributed by atoms with Gasteiger partial charge in [-0.3, -0.25) is 0 Å². The highest BCUT2D eigenvalue weighted by molar-refractivity contribution is 9.10. The van der Waals surface area contributed by atoms with Gasteiger partial charge in [0.2, 0.25) is 0 Å². The molecule has 1 aromatic carbocycles. The first-order chi connectivity index (χ1) is 7.81. The summed E-state index contributed by atoms with van der Waals surface area (Å²) < 4.78 is 6.06. The smallest absolute Gasteiger partial charge is 0.193 e. The Labute approximate surface area is 110 Å². The van der Waals surface area contributed by atoms with Crippen LogP contribution in [0.4, 0.5) is 5.69 Å². The summed E-state index contributed by atoms with van der Waals surface area (Å²) in [7, 11) is 1.62. The minimum Gasteiger partial charge on any atom is -0.497 e. The fourth-order valence-corrected chi connectivity index (χ4v) is 1.60. The molecule has 0 bridgehead atoms. The number of ether oxygens (including phenoxy) is 1. The van der Waals surface area contributed by atoms with E-state index in [2.05, 4.69) is 26.2 Å². The molecule has 0 unspecified atom stereocenters. The Balaban J connectivity index is 2.91. The van der Waals surface area contributed by atoms with E-state index in [1.165, 1.54) is 0 Å². The van der Waals surface area contributed by atoms with E-state index in [0.29, 0.717) is 5.96 Å². The van der Waals surface area contributed by atoms with Gasteiger partial charge in [0.25, 0.3) is 0 Å². The third-order valence-electron chi connectivity index (χ3n) is 1.89. The summed E-state index contributed by atoms with van der Waals surface area (Å²) in [6.45, 7) is 5.96. The van der Waals surface area contributed by atoms with Crippen molar-refractivity contribution in [1.29, 1.82) is 0 Å². The van der Waals surface area contributed by atoms with Crippen molar-refractivity contribution in [2.45, 2.75) is 26.3 Å². The molecule has 0 radical (unpaired) electrons. The first kappa shape index (κ1) is 13.8. The van der Waals surface area contributed by atoms with Crippen LogP contribution in [0.2, 0.25) is 0 Å². The van der Waals surface area contributed by atoms with Crippen LogP contribution in [-0.4, -0.2) is 18.6 Å². The van der Waals surface area contributed by atoms with E-state index < -0.39 is 0 Å². The summed E-state index contributed by atoms with van der Waals surface area (Å²) in [5.74, 6) is 1.14. The van der Waals surface area contributed by atoms with Crippen molar-refractivity contribution in [2.75, 3.05) is 12.4 Å². The van der Waals surface area contributed by atoms with Crippen LogP contribution < -0.4 is 15.8 Å². The molecule has 5 heteroatoms. The second kappa shape index (κ2) is 5.40. The van der Waals surface area contributed by atoms with Crippen molar-refractivity contribution in [2.24, 2.45) is 10.7 Å². The van der Waals surface area contributed by atoms with Crippen molar-refractivity contribution < 1.29 is 4.74 Å². The average molecular weight is 300 g/mol. The molecule has 17 heavy (non-hydrogen) atoms. The molecule has 0 saturated heterocycles. The number of nitrogens with zero attached hydrogens (tertiary/aromatic N) is 1. The summed E-state index contributed by atoms with van der Waals surface area (Å²) in [4.78, 5) is 4.32. The predicted molar refractivity (Wildman–Crippen MR) is 75.7 cm³/mol. The quantitative estimate of drug-likeness (QED) is 0.652. The third-order valence-corrected chi connectivity index (χ3v) is 2.58. The van der Waals surface area contributed by atoms with Gasteiger partial charge < -0.3 is 15.8 Å². The molecule has 4 nitrogen and oxygen atoms in total. The van der Waals surface area contributed by atoms with Gasteiger partial charge in [0, 0.05) is 10.5 Å². The third kappa shape index (κ3) is 4.65. The van der Waals surface area contributed by atoms with Crippen molar-refractivity contribution in [1.82, 2.24) is 0 Å². The number of halogens is 1. The van der Waals surface area contributed by atoms with Gasteiger partial charge in [-0.15, -0.1) is 0 Å². The summed E-state index contributed by atoms with van der Waals surface area (Å²) in [5, 5.41) is 3.04. The van der Waals surface area contributed by atoms with Crippen LogP contribution in [0.25, 0.3) is 0 Å². The zero-order valence-electron chi connectivity index (χ0n) is 10.5. The molecule has 0 aromatic heterocycles. The lowest BCUT2D eigenvalue weighted by atomic mass is 10.1. The first-order valence-electron chi connectivity index (χ1n) is 5.28. The second-order valence-electron chi connectivity index (χ2n) is 4.64. The normalized spacial score (nSPS) is 12.4. The highest BCUT2D eigenvalue weighted by Gasteiger charge is 2.09. The fourth-order valence-electron chi connectivity index (χ4n) is 1.25. The molecular formula is C12H18BrN3O. The molecule has 0 amide bonds. The number of benzene rings is 1. The van der Waals surface area contributed by atoms with Crippen LogP contribution in [0.1, 0.15) is 20.8 Å². The van der Waals surface area contributed by atoms with Gasteiger partial charge in [-0.1, -0.05) is 0 Å². The molecule has 0 atom stereocenters. The van der Waals surface area contributed by atoms with Gasteiger partial charge in [0.15, 0.2) is 5.96 Å². The lowest BCUT2D eigenvalue weighted by molar-refractivity contribution is 0.415. The summed E-state index contributed by atoms with van der Waals surface area (Å²) in [6, 6.07) is 5.62. The van der Waals surface area contributed by atoms with Gasteiger partial charge in [-0.25, -0.2) is 4.99 Å². The lowest BCUT2D eigenvalue weighted by Gasteiger charge is -2.15. The molecule has 0 saturated carbocycles. The molecule has 94 valence electrons. The number of hydrogen-bond donors (Lipinski definition) is 2. The van der Waals surface area contributed by atoms with E-state index in [9.17, 15) is 0 Å². The van der Waals surface area contributed by atoms with Crippen molar-refractivity contribution >= 4 is 27.6 Å². The maximum absolute atomic E-state index is 5.83. The van der Waals surface area contributed by atoms with Gasteiger partial charge >= 0.3 is 0 Å². The summed E-state index contributed by atoms with van der Waals surface area (Å²) >= 11 is 3.44. The van der Waals surface area contributed by atoms with E-state index in [-0.39, 0.29) is 5.54 Å². The number of methoxy groups -OCH3 is 1. The van der Waals surface area contributed by atoms with Crippen LogP contribution >= 0.6 is 15.9 Å². The van der Waals surface area contributed by atoms with Gasteiger partial charge in [-0.2, -0.15) is 0 Å². The molecule has 0 heterocycles. The molecule has 0 aliphatic carbocycles. The molecule has 0 spiro atoms. The number of aliphatic imine (C=N–C) groups is 1. The highest BCUT2D eigenvalue weighted by Crippen LogP contribution is 2.27. The van der Waals surface area contributed by atoms with Gasteiger partial charge in [0.05, 0.1) is 18.3 Å². The van der Waals surface area contributed by atoms with E-state index in [1.54, 1.807) is 7.11 Å². The van der Waals surface area contributed by atoms with E-state index in [0.717, 1.165) is 15.9 Å². The molecule has 0 aliphatic heterocycles. The van der Waals surface area contributed by atoms with Crippen molar-refractivity contribution in [3.05, 3.63) is 22.7 Å². The average Bonchev–Trinajstić information content (AvgIpc) is 2.18. The number of hydrogen-bond acceptors (Lipinski definition) is 2. The van der Waals surface area contributed by atoms with Gasteiger partial charge in [-0.05, 0) is 48.8 Å². The van der Waals surface area contributed by atoms with Crippen molar-refractivity contribution in [3.8, 4) is 5.75 Å². The van der Waals surface area contributed by atoms with Crippen LogP contribution in [0.3, 0.4) is 0 Å². The predicted octanol–water partition coefficient (Wildman–Crippen LogP) is 2.98. The zero-order chi connectivity index (χ0) is 13.1. The number of guanidine groups is 1. The van der Waals surface area contributed by atoms with Crippen molar-refractivity contribution in [3.63, 3.8) is 0 Å². The Morgan fingerprint density at radius 2 is 2.06 bits per heavy atom. The lowest BCUT2D eigenvalue weighted by Crippen LogP contribution is -2.27. The van der Waals surface area contributed by atoms with E-state index in [4.69, 9.17) is 10.5 Å². The van der Waals surface area contributed by atoms with E-state index in [1.807, 2.05) is 39.0 Å². The minimum atomic E-state index is -0.206. The summed E-state index contributed by atoms with van der Waals surface area (Å²) in [5.41, 5.74) is 6.45. The van der Waals surface area contributed by atoms with E-state index >= 15 is 0 Å². The standard InChI is InChI=1S/C12H18BrN3O/c1-12(2,3)16-11(14)15-10-7-8(17-4)5-6-9(10)13/h5-7H,1-4H3,(H3,14,15,16). The number of nitrogens with one attached hydrogen (secondary N) is 1. The minimum absolute atomic E-state index is 0.206. The van der Waals surface area contributed by atoms with Gasteiger partial charge in [0.1, 0.15) is 5.75 Å².